The van der Waals surface area contributed by atoms with Gasteiger partial charge in [-0.25, -0.2) is 17.2 Å². The fourth-order valence-corrected chi connectivity index (χ4v) is 6.78. The van der Waals surface area contributed by atoms with E-state index in [1.54, 1.807) is 0 Å². The topological polar surface area (TPSA) is 54.4 Å². The third kappa shape index (κ3) is 3.72. The van der Waals surface area contributed by atoms with Gasteiger partial charge in [0.25, 0.3) is 0 Å². The van der Waals surface area contributed by atoms with Crippen LogP contribution in [0.5, 0.6) is 0 Å². The van der Waals surface area contributed by atoms with E-state index in [9.17, 15) is 22.3 Å². The molecule has 6 heteroatoms. The summed E-state index contributed by atoms with van der Waals surface area (Å²) in [5, 5.41) is 10.6. The van der Waals surface area contributed by atoms with E-state index in [2.05, 4.69) is 0 Å². The zero-order chi connectivity index (χ0) is 20.5. The van der Waals surface area contributed by atoms with Crippen molar-refractivity contribution in [3.05, 3.63) is 65.2 Å². The second-order valence-corrected chi connectivity index (χ2v) is 9.64. The van der Waals surface area contributed by atoms with E-state index in [-0.39, 0.29) is 10.5 Å². The van der Waals surface area contributed by atoms with E-state index in [0.29, 0.717) is 18.4 Å². The molecule has 2 aromatic carbocycles. The molecule has 0 radical (unpaired) electrons. The third-order valence-corrected chi connectivity index (χ3v) is 8.18. The number of aliphatic hydroxyl groups excluding tert-OH is 1. The molecule has 152 valence electrons. The summed E-state index contributed by atoms with van der Waals surface area (Å²) in [4.78, 5) is 0.0688. The average molecular weight is 409 g/mol. The van der Waals surface area contributed by atoms with Gasteiger partial charge in [-0.15, -0.1) is 0 Å². The van der Waals surface area contributed by atoms with Crippen molar-refractivity contribution in [3.8, 4) is 0 Å². The van der Waals surface area contributed by atoms with E-state index in [1.807, 2.05) is 13.8 Å². The van der Waals surface area contributed by atoms with E-state index < -0.39 is 44.7 Å². The number of halogens is 2. The number of sulfone groups is 1. The molecule has 28 heavy (non-hydrogen) atoms. The molecule has 4 unspecified atom stereocenters. The predicted molar refractivity (Wildman–Crippen MR) is 105 cm³/mol. The molecule has 0 aromatic heterocycles. The highest BCUT2D eigenvalue weighted by Gasteiger charge is 2.46. The Bertz CT molecular complexity index is 925. The van der Waals surface area contributed by atoms with Crippen LogP contribution in [0.25, 0.3) is 0 Å². The van der Waals surface area contributed by atoms with Crippen LogP contribution in [-0.4, -0.2) is 24.9 Å². The Morgan fingerprint density at radius 1 is 1.00 bits per heavy atom. The first-order valence-corrected chi connectivity index (χ1v) is 11.3. The lowest BCUT2D eigenvalue weighted by Gasteiger charge is -2.31. The zero-order valence-corrected chi connectivity index (χ0v) is 16.9. The first-order valence-electron chi connectivity index (χ1n) is 9.78. The fourth-order valence-electron chi connectivity index (χ4n) is 4.39. The predicted octanol–water partition coefficient (Wildman–Crippen LogP) is 4.83. The minimum atomic E-state index is -3.75. The van der Waals surface area contributed by atoms with Gasteiger partial charge in [-0.3, -0.25) is 0 Å². The lowest BCUT2D eigenvalue weighted by atomic mass is 9.78. The van der Waals surface area contributed by atoms with Gasteiger partial charge in [-0.05, 0) is 54.3 Å². The standard InChI is InChI=1S/C22H26F2O3S/c1-3-5-6-19-17(4-2)22(25)21(14-7-9-15(23)10-8-14)18-13-16(24)11-12-20(18)28(19,26)27/h7-13,17,19,21-22,25H,3-6H2,1-2H3. The van der Waals surface area contributed by atoms with Crippen LogP contribution in [0.1, 0.15) is 56.6 Å². The van der Waals surface area contributed by atoms with Crippen LogP contribution < -0.4 is 0 Å². The number of fused-ring (bicyclic) bond motifs is 1. The van der Waals surface area contributed by atoms with Gasteiger partial charge in [0.1, 0.15) is 11.6 Å². The molecule has 2 aromatic rings. The summed E-state index contributed by atoms with van der Waals surface area (Å²) in [6.07, 6.45) is 1.47. The maximum Gasteiger partial charge on any atom is 0.181 e. The SMILES string of the molecule is CCCCC1C(CC)C(O)C(c2ccc(F)cc2)c2cc(F)ccc2S1(=O)=O. The molecule has 3 nitrogen and oxygen atoms in total. The van der Waals surface area contributed by atoms with Crippen LogP contribution in [0.2, 0.25) is 0 Å². The second-order valence-electron chi connectivity index (χ2n) is 7.50. The Balaban J connectivity index is 2.26. The Kier molecular flexibility index (Phi) is 6.20. The molecule has 1 heterocycles. The molecule has 0 saturated carbocycles. The minimum absolute atomic E-state index is 0.0688. The van der Waals surface area contributed by atoms with Crippen molar-refractivity contribution in [1.29, 1.82) is 0 Å². The van der Waals surface area contributed by atoms with Crippen LogP contribution in [0.3, 0.4) is 0 Å². The van der Waals surface area contributed by atoms with Gasteiger partial charge in [0.2, 0.25) is 0 Å². The van der Waals surface area contributed by atoms with Crippen molar-refractivity contribution < 1.29 is 22.3 Å². The fraction of sp³-hybridized carbons (Fsp3) is 0.455. The minimum Gasteiger partial charge on any atom is -0.392 e. The molecule has 0 fully saturated rings. The first kappa shape index (κ1) is 20.9. The van der Waals surface area contributed by atoms with E-state index in [4.69, 9.17) is 0 Å². The highest BCUT2D eigenvalue weighted by Crippen LogP contribution is 2.44. The smallest absolute Gasteiger partial charge is 0.181 e. The Morgan fingerprint density at radius 2 is 1.64 bits per heavy atom. The van der Waals surface area contributed by atoms with Gasteiger partial charge < -0.3 is 5.11 Å². The van der Waals surface area contributed by atoms with Crippen molar-refractivity contribution in [1.82, 2.24) is 0 Å². The first-order chi connectivity index (χ1) is 13.3. The number of benzene rings is 2. The largest absolute Gasteiger partial charge is 0.392 e. The van der Waals surface area contributed by atoms with Gasteiger partial charge in [-0.2, -0.15) is 0 Å². The summed E-state index contributed by atoms with van der Waals surface area (Å²) >= 11 is 0. The van der Waals surface area contributed by atoms with Crippen molar-refractivity contribution in [2.75, 3.05) is 0 Å². The molecule has 1 aliphatic rings. The highest BCUT2D eigenvalue weighted by molar-refractivity contribution is 7.92. The average Bonchev–Trinajstić information content (AvgIpc) is 2.72. The van der Waals surface area contributed by atoms with E-state index in [1.165, 1.54) is 36.4 Å². The Morgan fingerprint density at radius 3 is 2.25 bits per heavy atom. The van der Waals surface area contributed by atoms with Crippen LogP contribution in [-0.2, 0) is 9.84 Å². The van der Waals surface area contributed by atoms with E-state index in [0.717, 1.165) is 18.9 Å². The summed E-state index contributed by atoms with van der Waals surface area (Å²) in [5.41, 5.74) is 0.821. The van der Waals surface area contributed by atoms with Crippen molar-refractivity contribution in [3.63, 3.8) is 0 Å². The molecule has 4 atom stereocenters. The van der Waals surface area contributed by atoms with E-state index >= 15 is 0 Å². The summed E-state index contributed by atoms with van der Waals surface area (Å²) in [6.45, 7) is 3.85. The van der Waals surface area contributed by atoms with Gasteiger partial charge in [0, 0.05) is 11.8 Å². The lowest BCUT2D eigenvalue weighted by molar-refractivity contribution is 0.0860. The molecule has 0 spiro atoms. The Hall–Kier alpha value is -1.79. The monoisotopic (exact) mass is 408 g/mol. The summed E-state index contributed by atoms with van der Waals surface area (Å²) in [6, 6.07) is 9.26. The highest BCUT2D eigenvalue weighted by atomic mass is 32.2. The molecule has 0 saturated heterocycles. The molecule has 1 N–H and O–H groups in total. The summed E-state index contributed by atoms with van der Waals surface area (Å²) < 4.78 is 54.5. The van der Waals surface area contributed by atoms with Gasteiger partial charge >= 0.3 is 0 Å². The number of aliphatic hydroxyl groups is 1. The molecule has 0 amide bonds. The number of unbranched alkanes of at least 4 members (excludes halogenated alkanes) is 1. The molecule has 1 aliphatic heterocycles. The number of hydrogen-bond acceptors (Lipinski definition) is 3. The molecule has 0 aliphatic carbocycles. The van der Waals surface area contributed by atoms with Crippen LogP contribution in [0.15, 0.2) is 47.4 Å². The molecular formula is C22H26F2O3S. The van der Waals surface area contributed by atoms with Crippen molar-refractivity contribution in [2.45, 2.75) is 61.7 Å². The van der Waals surface area contributed by atoms with Crippen molar-refractivity contribution in [2.24, 2.45) is 5.92 Å². The molecule has 3 rings (SSSR count). The normalized spacial score (nSPS) is 26.5. The lowest BCUT2D eigenvalue weighted by Crippen LogP contribution is -2.37. The van der Waals surface area contributed by atoms with Crippen LogP contribution in [0, 0.1) is 17.6 Å². The quantitative estimate of drug-likeness (QED) is 0.721. The van der Waals surface area contributed by atoms with Crippen LogP contribution >= 0.6 is 0 Å². The second kappa shape index (κ2) is 8.29. The molecular weight excluding hydrogens is 382 g/mol. The summed E-state index contributed by atoms with van der Waals surface area (Å²) in [7, 11) is -3.75. The van der Waals surface area contributed by atoms with Gasteiger partial charge in [0.05, 0.1) is 16.2 Å². The maximum absolute atomic E-state index is 14.1. The Labute approximate surface area is 165 Å². The maximum atomic E-state index is 14.1. The number of hydrogen-bond donors (Lipinski definition) is 1. The zero-order valence-electron chi connectivity index (χ0n) is 16.1. The molecule has 0 bridgehead atoms. The van der Waals surface area contributed by atoms with Gasteiger partial charge in [-0.1, -0.05) is 38.8 Å². The van der Waals surface area contributed by atoms with Gasteiger partial charge in [0.15, 0.2) is 9.84 Å². The number of rotatable bonds is 5. The van der Waals surface area contributed by atoms with Crippen LogP contribution in [0.4, 0.5) is 8.78 Å². The third-order valence-electron chi connectivity index (χ3n) is 5.81. The summed E-state index contributed by atoms with van der Waals surface area (Å²) in [5.74, 6) is -2.22. The van der Waals surface area contributed by atoms with Crippen molar-refractivity contribution >= 4 is 9.84 Å².